The van der Waals surface area contributed by atoms with Gasteiger partial charge in [-0.3, -0.25) is 24.6 Å². The predicted octanol–water partition coefficient (Wildman–Crippen LogP) is 2.45. The lowest BCUT2D eigenvalue weighted by molar-refractivity contribution is -0.384. The van der Waals surface area contributed by atoms with Crippen molar-refractivity contribution in [1.82, 2.24) is 15.1 Å². The average molecular weight is 498 g/mol. The molecule has 2 heterocycles. The number of carbonyl (C=O) groups excluding carboxylic acids is 2. The zero-order chi connectivity index (χ0) is 25.5. The van der Waals surface area contributed by atoms with Crippen molar-refractivity contribution in [1.29, 1.82) is 0 Å². The van der Waals surface area contributed by atoms with E-state index in [1.54, 1.807) is 36.4 Å². The smallest absolute Gasteiger partial charge is 0.292 e. The van der Waals surface area contributed by atoms with Gasteiger partial charge in [0.15, 0.2) is 0 Å². The minimum atomic E-state index is -0.375. The van der Waals surface area contributed by atoms with Crippen LogP contribution in [0.2, 0.25) is 0 Å². The first-order valence-corrected chi connectivity index (χ1v) is 12.4. The number of hydrogen-bond acceptors (Lipinski definition) is 6. The SMILES string of the molecule is O=C(NCCc1ccccc1F)C1CCN(CC(=O)N2CCN(c3ccccc3[N+](=O)[O-])CC2)CC1. The van der Waals surface area contributed by atoms with Crippen LogP contribution in [0.15, 0.2) is 48.5 Å². The number of carbonyl (C=O) groups is 2. The summed E-state index contributed by atoms with van der Waals surface area (Å²) in [6.45, 7) is 4.19. The van der Waals surface area contributed by atoms with Crippen LogP contribution in [-0.4, -0.2) is 78.9 Å². The standard InChI is InChI=1S/C26H32FN5O4/c27-22-6-2-1-5-20(22)9-12-28-26(34)21-10-13-29(14-11-21)19-25(33)31-17-15-30(16-18-31)23-7-3-4-8-24(23)32(35)36/h1-8,21H,9-19H2,(H,28,34). The van der Waals surface area contributed by atoms with E-state index in [9.17, 15) is 24.1 Å². The molecule has 9 nitrogen and oxygen atoms in total. The minimum absolute atomic E-state index is 0.0107. The topological polar surface area (TPSA) is 99.0 Å². The van der Waals surface area contributed by atoms with Crippen LogP contribution in [0.5, 0.6) is 0 Å². The van der Waals surface area contributed by atoms with Crippen molar-refractivity contribution in [2.45, 2.75) is 19.3 Å². The molecule has 2 aromatic carbocycles. The van der Waals surface area contributed by atoms with E-state index in [-0.39, 0.29) is 34.2 Å². The predicted molar refractivity (Wildman–Crippen MR) is 134 cm³/mol. The molecule has 36 heavy (non-hydrogen) atoms. The zero-order valence-electron chi connectivity index (χ0n) is 20.3. The fraction of sp³-hybridized carbons (Fsp3) is 0.462. The largest absolute Gasteiger partial charge is 0.362 e. The molecule has 0 saturated carbocycles. The summed E-state index contributed by atoms with van der Waals surface area (Å²) in [5.41, 5.74) is 1.26. The summed E-state index contributed by atoms with van der Waals surface area (Å²) in [7, 11) is 0. The highest BCUT2D eigenvalue weighted by molar-refractivity contribution is 5.80. The Balaban J connectivity index is 1.17. The number of likely N-dealkylation sites (tertiary alicyclic amines) is 1. The zero-order valence-corrected chi connectivity index (χ0v) is 20.3. The first-order chi connectivity index (χ1) is 17.4. The number of piperidine rings is 1. The van der Waals surface area contributed by atoms with E-state index in [0.29, 0.717) is 82.9 Å². The summed E-state index contributed by atoms with van der Waals surface area (Å²) in [4.78, 5) is 42.2. The number of para-hydroxylation sites is 2. The summed E-state index contributed by atoms with van der Waals surface area (Å²) in [6, 6.07) is 13.3. The molecule has 0 aromatic heterocycles. The fourth-order valence-electron chi connectivity index (χ4n) is 4.89. The number of hydrogen-bond donors (Lipinski definition) is 1. The summed E-state index contributed by atoms with van der Waals surface area (Å²) in [5.74, 6) is -0.317. The third kappa shape index (κ3) is 6.37. The first-order valence-electron chi connectivity index (χ1n) is 12.4. The Kier molecular flexibility index (Phi) is 8.48. The van der Waals surface area contributed by atoms with Gasteiger partial charge in [0.2, 0.25) is 11.8 Å². The number of amides is 2. The molecule has 2 fully saturated rings. The summed E-state index contributed by atoms with van der Waals surface area (Å²) < 4.78 is 13.7. The number of nitro groups is 1. The maximum atomic E-state index is 13.7. The molecule has 4 rings (SSSR count). The number of halogens is 1. The molecule has 2 amide bonds. The molecule has 0 atom stereocenters. The van der Waals surface area contributed by atoms with E-state index < -0.39 is 0 Å². The first kappa shape index (κ1) is 25.6. The molecule has 2 aromatic rings. The lowest BCUT2D eigenvalue weighted by atomic mass is 9.95. The van der Waals surface area contributed by atoms with Crippen LogP contribution in [0, 0.1) is 21.8 Å². The highest BCUT2D eigenvalue weighted by Gasteiger charge is 2.29. The molecule has 2 aliphatic heterocycles. The van der Waals surface area contributed by atoms with Crippen LogP contribution in [0.1, 0.15) is 18.4 Å². The number of anilines is 1. The maximum Gasteiger partial charge on any atom is 0.292 e. The molecule has 0 spiro atoms. The Labute approximate surface area is 210 Å². The highest BCUT2D eigenvalue weighted by Crippen LogP contribution is 2.28. The van der Waals surface area contributed by atoms with Crippen LogP contribution in [0.25, 0.3) is 0 Å². The number of nitro benzene ring substituents is 1. The number of nitrogens with zero attached hydrogens (tertiary/aromatic N) is 4. The van der Waals surface area contributed by atoms with Gasteiger partial charge in [-0.1, -0.05) is 30.3 Å². The van der Waals surface area contributed by atoms with Crippen molar-refractivity contribution in [2.24, 2.45) is 5.92 Å². The van der Waals surface area contributed by atoms with Gasteiger partial charge in [0.1, 0.15) is 11.5 Å². The molecule has 1 N–H and O–H groups in total. The quantitative estimate of drug-likeness (QED) is 0.444. The van der Waals surface area contributed by atoms with E-state index in [4.69, 9.17) is 0 Å². The lowest BCUT2D eigenvalue weighted by Crippen LogP contribution is -2.52. The molecule has 0 bridgehead atoms. The minimum Gasteiger partial charge on any atom is -0.362 e. The highest BCUT2D eigenvalue weighted by atomic mass is 19.1. The van der Waals surface area contributed by atoms with Gasteiger partial charge in [0.25, 0.3) is 5.69 Å². The third-order valence-electron chi connectivity index (χ3n) is 7.02. The molecule has 0 radical (unpaired) electrons. The van der Waals surface area contributed by atoms with Crippen LogP contribution < -0.4 is 10.2 Å². The van der Waals surface area contributed by atoms with E-state index in [0.717, 1.165) is 0 Å². The van der Waals surface area contributed by atoms with Crippen molar-refractivity contribution in [3.05, 3.63) is 70.0 Å². The molecular weight excluding hydrogens is 465 g/mol. The second-order valence-corrected chi connectivity index (χ2v) is 9.30. The summed E-state index contributed by atoms with van der Waals surface area (Å²) in [5, 5.41) is 14.2. The van der Waals surface area contributed by atoms with Crippen LogP contribution in [0.3, 0.4) is 0 Å². The molecule has 0 unspecified atom stereocenters. The summed E-state index contributed by atoms with van der Waals surface area (Å²) >= 11 is 0. The normalized spacial score (nSPS) is 17.1. The second kappa shape index (κ2) is 11.9. The Morgan fingerprint density at radius 2 is 1.64 bits per heavy atom. The Hall–Kier alpha value is -3.53. The molecule has 192 valence electrons. The van der Waals surface area contributed by atoms with E-state index in [2.05, 4.69) is 10.2 Å². The van der Waals surface area contributed by atoms with Gasteiger partial charge < -0.3 is 15.1 Å². The number of rotatable bonds is 8. The monoisotopic (exact) mass is 497 g/mol. The van der Waals surface area contributed by atoms with Crippen molar-refractivity contribution in [3.63, 3.8) is 0 Å². The van der Waals surface area contributed by atoms with Crippen molar-refractivity contribution >= 4 is 23.2 Å². The van der Waals surface area contributed by atoms with Crippen molar-refractivity contribution in [3.8, 4) is 0 Å². The second-order valence-electron chi connectivity index (χ2n) is 9.30. The van der Waals surface area contributed by atoms with Gasteiger partial charge in [-0.2, -0.15) is 0 Å². The molecule has 0 aliphatic carbocycles. The molecule has 10 heteroatoms. The van der Waals surface area contributed by atoms with Gasteiger partial charge in [0, 0.05) is 44.7 Å². The van der Waals surface area contributed by atoms with E-state index >= 15 is 0 Å². The van der Waals surface area contributed by atoms with E-state index in [1.807, 2.05) is 9.80 Å². The molecule has 2 aliphatic rings. The van der Waals surface area contributed by atoms with Gasteiger partial charge in [0.05, 0.1) is 11.5 Å². The average Bonchev–Trinajstić information content (AvgIpc) is 2.90. The van der Waals surface area contributed by atoms with Crippen LogP contribution in [-0.2, 0) is 16.0 Å². The Bertz CT molecular complexity index is 1080. The van der Waals surface area contributed by atoms with Gasteiger partial charge >= 0.3 is 0 Å². The third-order valence-corrected chi connectivity index (χ3v) is 7.02. The van der Waals surface area contributed by atoms with Crippen molar-refractivity contribution < 1.29 is 18.9 Å². The number of benzene rings is 2. The Morgan fingerprint density at radius 3 is 2.33 bits per heavy atom. The maximum absolute atomic E-state index is 13.7. The lowest BCUT2D eigenvalue weighted by Gasteiger charge is -2.37. The Morgan fingerprint density at radius 1 is 0.972 bits per heavy atom. The van der Waals surface area contributed by atoms with E-state index in [1.165, 1.54) is 12.1 Å². The number of nitrogens with one attached hydrogen (secondary N) is 1. The molecular formula is C26H32FN5O4. The number of piperazine rings is 1. The van der Waals surface area contributed by atoms with Gasteiger partial charge in [-0.25, -0.2) is 4.39 Å². The van der Waals surface area contributed by atoms with Crippen molar-refractivity contribution in [2.75, 3.05) is 57.3 Å². The summed E-state index contributed by atoms with van der Waals surface area (Å²) in [6.07, 6.45) is 1.82. The fourth-order valence-corrected chi connectivity index (χ4v) is 4.89. The van der Waals surface area contributed by atoms with Crippen LogP contribution in [0.4, 0.5) is 15.8 Å². The van der Waals surface area contributed by atoms with Gasteiger partial charge in [-0.05, 0) is 50.0 Å². The van der Waals surface area contributed by atoms with Gasteiger partial charge in [-0.15, -0.1) is 0 Å². The molecule has 2 saturated heterocycles. The van der Waals surface area contributed by atoms with Crippen LogP contribution >= 0.6 is 0 Å².